The van der Waals surface area contributed by atoms with Crippen LogP contribution < -0.4 is 4.74 Å². The number of nitro groups is 1. The van der Waals surface area contributed by atoms with Crippen molar-refractivity contribution in [1.29, 1.82) is 0 Å². The second kappa shape index (κ2) is 6.84. The van der Waals surface area contributed by atoms with Crippen LogP contribution in [0.1, 0.15) is 22.0 Å². The monoisotopic (exact) mass is 382 g/mol. The summed E-state index contributed by atoms with van der Waals surface area (Å²) in [5.41, 5.74) is 1.49. The highest BCUT2D eigenvalue weighted by atomic mass is 32.2. The van der Waals surface area contributed by atoms with Gasteiger partial charge in [0, 0.05) is 29.4 Å². The first-order valence-corrected chi connectivity index (χ1v) is 8.99. The molecule has 8 nitrogen and oxygen atoms in total. The third-order valence-electron chi connectivity index (χ3n) is 4.29. The van der Waals surface area contributed by atoms with Gasteiger partial charge in [-0.15, -0.1) is 10.2 Å². The van der Waals surface area contributed by atoms with Crippen molar-refractivity contribution in [3.05, 3.63) is 64.2 Å². The van der Waals surface area contributed by atoms with Crippen LogP contribution in [-0.4, -0.2) is 32.7 Å². The first-order valence-electron chi connectivity index (χ1n) is 8.11. The molecule has 1 atom stereocenters. The maximum atomic E-state index is 12.8. The second-order valence-electron chi connectivity index (χ2n) is 5.93. The van der Waals surface area contributed by atoms with Gasteiger partial charge in [0.25, 0.3) is 5.69 Å². The maximum absolute atomic E-state index is 12.8. The van der Waals surface area contributed by atoms with Gasteiger partial charge in [0.15, 0.2) is 11.0 Å². The zero-order valence-electron chi connectivity index (χ0n) is 14.2. The third kappa shape index (κ3) is 3.17. The molecule has 1 unspecified atom stereocenters. The fraction of sp³-hybridized carbons (Fsp3) is 0.167. The van der Waals surface area contributed by atoms with Crippen LogP contribution in [0.15, 0.2) is 53.7 Å². The van der Waals surface area contributed by atoms with Crippen molar-refractivity contribution in [3.63, 3.8) is 0 Å². The molecule has 3 aromatic rings. The first-order chi connectivity index (χ1) is 13.1. The number of hydrogen-bond donors (Lipinski definition) is 0. The fourth-order valence-electron chi connectivity index (χ4n) is 2.94. The summed E-state index contributed by atoms with van der Waals surface area (Å²) in [5.74, 6) is 1.04. The van der Waals surface area contributed by atoms with E-state index in [0.717, 1.165) is 11.1 Å². The van der Waals surface area contributed by atoms with Gasteiger partial charge in [0.05, 0.1) is 12.0 Å². The quantitative estimate of drug-likeness (QED) is 0.500. The third-order valence-corrected chi connectivity index (χ3v) is 5.49. The topological polar surface area (TPSA) is 100 Å². The Balaban J connectivity index is 1.66. The Hall–Kier alpha value is -3.20. The zero-order chi connectivity index (χ0) is 19.0. The molecule has 0 amide bonds. The number of benzene rings is 2. The molecule has 1 aliphatic heterocycles. The van der Waals surface area contributed by atoms with Crippen LogP contribution in [-0.2, 0) is 0 Å². The van der Waals surface area contributed by atoms with E-state index in [1.165, 1.54) is 28.5 Å². The molecule has 4 rings (SSSR count). The van der Waals surface area contributed by atoms with E-state index in [2.05, 4.69) is 10.2 Å². The van der Waals surface area contributed by atoms with E-state index in [4.69, 9.17) is 4.74 Å². The number of rotatable bonds is 4. The molecule has 1 aliphatic rings. The minimum absolute atomic E-state index is 0.00603. The summed E-state index contributed by atoms with van der Waals surface area (Å²) in [6, 6.07) is 13.6. The Kier molecular flexibility index (Phi) is 4.36. The van der Waals surface area contributed by atoms with Crippen LogP contribution in [0.2, 0.25) is 0 Å². The van der Waals surface area contributed by atoms with E-state index >= 15 is 0 Å². The highest BCUT2D eigenvalue weighted by Crippen LogP contribution is 2.43. The number of carbonyl (C=O) groups excluding carboxylic acids is 1. The fourth-order valence-corrected chi connectivity index (χ4v) is 4.09. The molecule has 0 aliphatic carbocycles. The van der Waals surface area contributed by atoms with Crippen LogP contribution in [0.5, 0.6) is 5.75 Å². The number of hydrogen-bond acceptors (Lipinski definition) is 7. The summed E-state index contributed by atoms with van der Waals surface area (Å²) in [6.45, 7) is 0. The molecule has 0 saturated heterocycles. The lowest BCUT2D eigenvalue weighted by Gasteiger charge is -2.22. The minimum Gasteiger partial charge on any atom is -0.497 e. The van der Waals surface area contributed by atoms with Crippen molar-refractivity contribution in [2.75, 3.05) is 7.11 Å². The van der Waals surface area contributed by atoms with Crippen LogP contribution in [0.4, 0.5) is 5.69 Å². The highest BCUT2D eigenvalue weighted by Gasteiger charge is 2.31. The van der Waals surface area contributed by atoms with Crippen molar-refractivity contribution in [3.8, 4) is 17.1 Å². The lowest BCUT2D eigenvalue weighted by Crippen LogP contribution is -2.20. The van der Waals surface area contributed by atoms with Gasteiger partial charge in [-0.3, -0.25) is 14.9 Å². The smallest absolute Gasteiger partial charge is 0.269 e. The van der Waals surface area contributed by atoms with E-state index in [9.17, 15) is 14.9 Å². The molecule has 136 valence electrons. The average Bonchev–Trinajstić information content (AvgIpc) is 3.13. The Morgan fingerprint density at radius 2 is 2.00 bits per heavy atom. The standard InChI is InChI=1S/C18H14N4O4S/c1-26-14-7-5-11(6-8-14)17-19-20-18-21(17)16(23)10-15(27-18)12-3-2-4-13(9-12)22(24)25/h2-9,15H,10H2,1H3. The number of carbonyl (C=O) groups is 1. The zero-order valence-corrected chi connectivity index (χ0v) is 15.0. The Bertz CT molecular complexity index is 1030. The van der Waals surface area contributed by atoms with E-state index in [0.29, 0.717) is 16.7 Å². The van der Waals surface area contributed by atoms with Gasteiger partial charge >= 0.3 is 0 Å². The van der Waals surface area contributed by atoms with Gasteiger partial charge < -0.3 is 4.74 Å². The summed E-state index contributed by atoms with van der Waals surface area (Å²) in [6.07, 6.45) is 0.208. The molecule has 0 saturated carbocycles. The molecule has 9 heteroatoms. The van der Waals surface area contributed by atoms with Gasteiger partial charge in [-0.1, -0.05) is 23.9 Å². The van der Waals surface area contributed by atoms with Gasteiger partial charge in [-0.05, 0) is 29.8 Å². The predicted octanol–water partition coefficient (Wildman–Crippen LogP) is 3.74. The Morgan fingerprint density at radius 1 is 1.22 bits per heavy atom. The normalized spacial score (nSPS) is 16.0. The number of nitrogens with zero attached hydrogens (tertiary/aromatic N) is 4. The molecule has 0 spiro atoms. The van der Waals surface area contributed by atoms with Crippen molar-refractivity contribution in [1.82, 2.24) is 14.8 Å². The number of non-ortho nitro benzene ring substituents is 1. The Labute approximate surface area is 158 Å². The number of fused-ring (bicyclic) bond motifs is 1. The van der Waals surface area contributed by atoms with Crippen molar-refractivity contribution < 1.29 is 14.5 Å². The maximum Gasteiger partial charge on any atom is 0.269 e. The van der Waals surface area contributed by atoms with Crippen LogP contribution in [0, 0.1) is 10.1 Å². The van der Waals surface area contributed by atoms with Crippen molar-refractivity contribution in [2.45, 2.75) is 16.8 Å². The van der Waals surface area contributed by atoms with Crippen molar-refractivity contribution in [2.24, 2.45) is 0 Å². The molecule has 27 heavy (non-hydrogen) atoms. The predicted molar refractivity (Wildman–Crippen MR) is 98.9 cm³/mol. The lowest BCUT2D eigenvalue weighted by molar-refractivity contribution is -0.384. The SMILES string of the molecule is COc1ccc(-c2nnc3n2C(=O)CC(c2cccc([N+](=O)[O-])c2)S3)cc1. The summed E-state index contributed by atoms with van der Waals surface area (Å²) in [4.78, 5) is 23.3. The lowest BCUT2D eigenvalue weighted by atomic mass is 10.1. The van der Waals surface area contributed by atoms with E-state index in [1.54, 1.807) is 31.4 Å². The molecule has 2 heterocycles. The highest BCUT2D eigenvalue weighted by molar-refractivity contribution is 7.99. The number of thioether (sulfide) groups is 1. The minimum atomic E-state index is -0.441. The van der Waals surface area contributed by atoms with Crippen LogP contribution >= 0.6 is 11.8 Å². The first kappa shape index (κ1) is 17.2. The van der Waals surface area contributed by atoms with Gasteiger partial charge in [-0.2, -0.15) is 0 Å². The molecular formula is C18H14N4O4S. The van der Waals surface area contributed by atoms with Crippen LogP contribution in [0.3, 0.4) is 0 Å². The number of ether oxygens (including phenoxy) is 1. The number of nitro benzene ring substituents is 1. The molecular weight excluding hydrogens is 368 g/mol. The largest absolute Gasteiger partial charge is 0.497 e. The van der Waals surface area contributed by atoms with Gasteiger partial charge in [0.2, 0.25) is 5.91 Å². The average molecular weight is 382 g/mol. The number of aromatic nitrogens is 3. The summed E-state index contributed by atoms with van der Waals surface area (Å²) >= 11 is 1.38. The van der Waals surface area contributed by atoms with E-state index < -0.39 is 4.92 Å². The van der Waals surface area contributed by atoms with Crippen molar-refractivity contribution >= 4 is 23.4 Å². The molecule has 0 radical (unpaired) electrons. The molecule has 0 N–H and O–H groups in total. The summed E-state index contributed by atoms with van der Waals surface area (Å²) in [7, 11) is 1.59. The van der Waals surface area contributed by atoms with Gasteiger partial charge in [0.1, 0.15) is 5.75 Å². The van der Waals surface area contributed by atoms with Gasteiger partial charge in [-0.25, -0.2) is 4.57 Å². The van der Waals surface area contributed by atoms with E-state index in [1.807, 2.05) is 12.1 Å². The summed E-state index contributed by atoms with van der Waals surface area (Å²) in [5, 5.41) is 19.6. The molecule has 2 aromatic carbocycles. The molecule has 1 aromatic heterocycles. The molecule has 0 fully saturated rings. The molecule has 0 bridgehead atoms. The number of methoxy groups -OCH3 is 1. The van der Waals surface area contributed by atoms with E-state index in [-0.39, 0.29) is 23.3 Å². The summed E-state index contributed by atoms with van der Waals surface area (Å²) < 4.78 is 6.65. The second-order valence-corrected chi connectivity index (χ2v) is 7.10. The van der Waals surface area contributed by atoms with Crippen LogP contribution in [0.25, 0.3) is 11.4 Å². The Morgan fingerprint density at radius 3 is 2.70 bits per heavy atom.